The van der Waals surface area contributed by atoms with Crippen LogP contribution in [0.25, 0.3) is 5.69 Å². The molecule has 2 aromatic carbocycles. The SMILES string of the molecule is CC(=O)Nc1cccc(-n2c(SCCOc3ccc(F)cc3)nnc2C2CC2)c1. The van der Waals surface area contributed by atoms with E-state index in [2.05, 4.69) is 20.1 Å². The first-order valence-electron chi connectivity index (χ1n) is 9.44. The zero-order valence-corrected chi connectivity index (χ0v) is 16.8. The minimum Gasteiger partial charge on any atom is -0.493 e. The molecule has 0 spiro atoms. The first-order chi connectivity index (χ1) is 14.1. The summed E-state index contributed by atoms with van der Waals surface area (Å²) in [6, 6.07) is 13.7. The predicted octanol–water partition coefficient (Wildman–Crippen LogP) is 4.41. The summed E-state index contributed by atoms with van der Waals surface area (Å²) in [7, 11) is 0. The molecule has 0 aliphatic heterocycles. The number of amides is 1. The number of carbonyl (C=O) groups excluding carboxylic acids is 1. The van der Waals surface area contributed by atoms with E-state index < -0.39 is 0 Å². The molecule has 1 amide bonds. The van der Waals surface area contributed by atoms with Crippen LogP contribution in [0.1, 0.15) is 31.5 Å². The highest BCUT2D eigenvalue weighted by Crippen LogP contribution is 2.41. The third-order valence-electron chi connectivity index (χ3n) is 4.42. The van der Waals surface area contributed by atoms with Gasteiger partial charge in [0.2, 0.25) is 5.91 Å². The van der Waals surface area contributed by atoms with Crippen LogP contribution in [0.5, 0.6) is 5.75 Å². The fourth-order valence-electron chi connectivity index (χ4n) is 2.97. The van der Waals surface area contributed by atoms with Crippen molar-refractivity contribution in [2.45, 2.75) is 30.8 Å². The molecule has 150 valence electrons. The largest absolute Gasteiger partial charge is 0.493 e. The monoisotopic (exact) mass is 412 g/mol. The summed E-state index contributed by atoms with van der Waals surface area (Å²) in [5.74, 6) is 2.29. The van der Waals surface area contributed by atoms with Crippen LogP contribution in [0, 0.1) is 5.82 Å². The van der Waals surface area contributed by atoms with E-state index in [-0.39, 0.29) is 11.7 Å². The van der Waals surface area contributed by atoms with Gasteiger partial charge in [0.25, 0.3) is 0 Å². The van der Waals surface area contributed by atoms with E-state index in [1.807, 2.05) is 24.3 Å². The van der Waals surface area contributed by atoms with Gasteiger partial charge in [0.05, 0.1) is 12.3 Å². The van der Waals surface area contributed by atoms with Gasteiger partial charge >= 0.3 is 0 Å². The smallest absolute Gasteiger partial charge is 0.221 e. The molecule has 1 saturated carbocycles. The molecule has 1 aromatic heterocycles. The maximum Gasteiger partial charge on any atom is 0.221 e. The highest BCUT2D eigenvalue weighted by atomic mass is 32.2. The average Bonchev–Trinajstić information content (AvgIpc) is 3.46. The van der Waals surface area contributed by atoms with Gasteiger partial charge in [0, 0.05) is 24.3 Å². The van der Waals surface area contributed by atoms with Crippen LogP contribution in [0.2, 0.25) is 0 Å². The number of carbonyl (C=O) groups is 1. The Kier molecular flexibility index (Phi) is 5.80. The summed E-state index contributed by atoms with van der Waals surface area (Å²) < 4.78 is 20.7. The van der Waals surface area contributed by atoms with Crippen molar-refractivity contribution in [1.82, 2.24) is 14.8 Å². The van der Waals surface area contributed by atoms with Gasteiger partial charge in [0.15, 0.2) is 5.16 Å². The van der Waals surface area contributed by atoms with Gasteiger partial charge in [-0.3, -0.25) is 9.36 Å². The molecular weight excluding hydrogens is 391 g/mol. The molecule has 1 heterocycles. The van der Waals surface area contributed by atoms with Gasteiger partial charge in [0.1, 0.15) is 17.4 Å². The summed E-state index contributed by atoms with van der Waals surface area (Å²) in [5.41, 5.74) is 1.66. The number of benzene rings is 2. The lowest BCUT2D eigenvalue weighted by Gasteiger charge is -2.12. The summed E-state index contributed by atoms with van der Waals surface area (Å²) >= 11 is 1.55. The minimum absolute atomic E-state index is 0.110. The highest BCUT2D eigenvalue weighted by Gasteiger charge is 2.31. The van der Waals surface area contributed by atoms with Crippen molar-refractivity contribution in [1.29, 1.82) is 0 Å². The second-order valence-electron chi connectivity index (χ2n) is 6.83. The molecule has 1 aliphatic rings. The quantitative estimate of drug-likeness (QED) is 0.438. The second-order valence-corrected chi connectivity index (χ2v) is 7.89. The summed E-state index contributed by atoms with van der Waals surface area (Å²) in [6.45, 7) is 1.96. The van der Waals surface area contributed by atoms with Gasteiger partial charge < -0.3 is 10.1 Å². The third-order valence-corrected chi connectivity index (χ3v) is 5.32. The molecule has 1 N–H and O–H groups in total. The van der Waals surface area contributed by atoms with Crippen LogP contribution >= 0.6 is 11.8 Å². The molecular formula is C21H21FN4O2S. The molecule has 4 rings (SSSR count). The van der Waals surface area contributed by atoms with E-state index in [9.17, 15) is 9.18 Å². The number of thioether (sulfide) groups is 1. The zero-order chi connectivity index (χ0) is 20.2. The molecule has 0 radical (unpaired) electrons. The maximum atomic E-state index is 13.0. The van der Waals surface area contributed by atoms with Crippen molar-refractivity contribution in [3.8, 4) is 11.4 Å². The van der Waals surface area contributed by atoms with E-state index in [1.165, 1.54) is 19.1 Å². The zero-order valence-electron chi connectivity index (χ0n) is 16.0. The normalized spacial score (nSPS) is 13.3. The van der Waals surface area contributed by atoms with Crippen molar-refractivity contribution in [2.75, 3.05) is 17.7 Å². The van der Waals surface area contributed by atoms with Crippen LogP contribution < -0.4 is 10.1 Å². The van der Waals surface area contributed by atoms with Gasteiger partial charge in [-0.15, -0.1) is 10.2 Å². The Balaban J connectivity index is 1.48. The number of ether oxygens (including phenoxy) is 1. The number of aromatic nitrogens is 3. The van der Waals surface area contributed by atoms with Crippen LogP contribution in [-0.4, -0.2) is 33.0 Å². The van der Waals surface area contributed by atoms with Crippen LogP contribution in [0.15, 0.2) is 53.7 Å². The van der Waals surface area contributed by atoms with E-state index >= 15 is 0 Å². The fraction of sp³-hybridized carbons (Fsp3) is 0.286. The van der Waals surface area contributed by atoms with E-state index in [0.717, 1.165) is 35.2 Å². The average molecular weight is 412 g/mol. The topological polar surface area (TPSA) is 69.0 Å². The first kappa shape index (κ1) is 19.4. The number of halogens is 1. The Labute approximate surface area is 172 Å². The van der Waals surface area contributed by atoms with E-state index in [4.69, 9.17) is 4.74 Å². The molecule has 6 nitrogen and oxygen atoms in total. The Bertz CT molecular complexity index is 1000. The van der Waals surface area contributed by atoms with Gasteiger partial charge in [-0.1, -0.05) is 17.8 Å². The molecule has 0 atom stereocenters. The molecule has 0 unspecified atom stereocenters. The van der Waals surface area contributed by atoms with Crippen molar-refractivity contribution in [2.24, 2.45) is 0 Å². The van der Waals surface area contributed by atoms with Crippen LogP contribution in [0.4, 0.5) is 10.1 Å². The summed E-state index contributed by atoms with van der Waals surface area (Å²) in [4.78, 5) is 11.4. The molecule has 0 bridgehead atoms. The Morgan fingerprint density at radius 3 is 2.76 bits per heavy atom. The number of hydrogen-bond acceptors (Lipinski definition) is 5. The second kappa shape index (κ2) is 8.65. The minimum atomic E-state index is -0.283. The Morgan fingerprint density at radius 1 is 1.24 bits per heavy atom. The van der Waals surface area contributed by atoms with Gasteiger partial charge in [-0.2, -0.15) is 0 Å². The van der Waals surface area contributed by atoms with E-state index in [0.29, 0.717) is 24.0 Å². The van der Waals surface area contributed by atoms with Crippen LogP contribution in [0.3, 0.4) is 0 Å². The number of hydrogen-bond donors (Lipinski definition) is 1. The standard InChI is InChI=1S/C21H21FN4O2S/c1-14(27)23-17-3-2-4-18(13-17)26-20(15-5-6-15)24-25-21(26)29-12-11-28-19-9-7-16(22)8-10-19/h2-4,7-10,13,15H,5-6,11-12H2,1H3,(H,23,27). The van der Waals surface area contributed by atoms with Gasteiger partial charge in [-0.05, 0) is 55.3 Å². The fourth-order valence-corrected chi connectivity index (χ4v) is 3.75. The molecule has 29 heavy (non-hydrogen) atoms. The van der Waals surface area contributed by atoms with Crippen molar-refractivity contribution in [3.05, 3.63) is 60.2 Å². The number of nitrogens with one attached hydrogen (secondary N) is 1. The molecule has 8 heteroatoms. The number of anilines is 1. The van der Waals surface area contributed by atoms with Crippen LogP contribution in [-0.2, 0) is 4.79 Å². The molecule has 1 aliphatic carbocycles. The highest BCUT2D eigenvalue weighted by molar-refractivity contribution is 7.99. The van der Waals surface area contributed by atoms with Crippen molar-refractivity contribution < 1.29 is 13.9 Å². The Hall–Kier alpha value is -2.87. The van der Waals surface area contributed by atoms with E-state index in [1.54, 1.807) is 23.9 Å². The van der Waals surface area contributed by atoms with Crippen molar-refractivity contribution in [3.63, 3.8) is 0 Å². The third kappa shape index (κ3) is 4.95. The number of rotatable bonds is 8. The molecule has 3 aromatic rings. The number of nitrogens with zero attached hydrogens (tertiary/aromatic N) is 3. The predicted molar refractivity (Wildman–Crippen MR) is 110 cm³/mol. The molecule has 1 fully saturated rings. The summed E-state index contributed by atoms with van der Waals surface area (Å²) in [5, 5.41) is 12.4. The summed E-state index contributed by atoms with van der Waals surface area (Å²) in [6.07, 6.45) is 2.23. The van der Waals surface area contributed by atoms with Gasteiger partial charge in [-0.25, -0.2) is 4.39 Å². The lowest BCUT2D eigenvalue weighted by Crippen LogP contribution is -2.08. The maximum absolute atomic E-state index is 13.0. The van der Waals surface area contributed by atoms with Crippen molar-refractivity contribution >= 4 is 23.4 Å². The lowest BCUT2D eigenvalue weighted by atomic mass is 10.2. The first-order valence-corrected chi connectivity index (χ1v) is 10.4. The molecule has 0 saturated heterocycles. The lowest BCUT2D eigenvalue weighted by molar-refractivity contribution is -0.114. The Morgan fingerprint density at radius 2 is 2.03 bits per heavy atom.